The number of ether oxygens (including phenoxy) is 2. The molecule has 0 bridgehead atoms. The van der Waals surface area contributed by atoms with Crippen LogP contribution in [0.1, 0.15) is 11.1 Å². The summed E-state index contributed by atoms with van der Waals surface area (Å²) in [6.45, 7) is 4.15. The Morgan fingerprint density at radius 2 is 0.719 bits per heavy atom. The maximum absolute atomic E-state index is 7.02. The average Bonchev–Trinajstić information content (AvgIpc) is 3.24. The number of anilines is 6. The second-order valence-electron chi connectivity index (χ2n) is 15.0. The van der Waals surface area contributed by atoms with Gasteiger partial charge < -0.3 is 19.3 Å². The molecule has 0 saturated carbocycles. The lowest BCUT2D eigenvalue weighted by molar-refractivity contribution is 0.465. The molecule has 270 valence electrons. The van der Waals surface area contributed by atoms with Gasteiger partial charge in [-0.3, -0.25) is 0 Å². The Labute approximate surface area is 332 Å². The summed E-state index contributed by atoms with van der Waals surface area (Å²) in [5.41, 5.74) is 12.2. The third-order valence-electron chi connectivity index (χ3n) is 11.4. The van der Waals surface area contributed by atoms with Crippen LogP contribution >= 0.6 is 0 Å². The number of aryl methyl sites for hydroxylation is 2. The van der Waals surface area contributed by atoms with Crippen molar-refractivity contribution in [2.75, 3.05) is 9.80 Å². The van der Waals surface area contributed by atoms with Gasteiger partial charge in [-0.15, -0.1) is 0 Å². The average molecular weight is 733 g/mol. The first-order valence-corrected chi connectivity index (χ1v) is 19.5. The van der Waals surface area contributed by atoms with Crippen LogP contribution in [-0.2, 0) is 0 Å². The number of rotatable bonds is 6. The summed E-state index contributed by atoms with van der Waals surface area (Å²) in [6, 6.07) is 67.0. The fraction of sp³-hybridized carbons (Fsp3) is 0.0385. The van der Waals surface area contributed by atoms with E-state index in [1.807, 2.05) is 6.07 Å². The lowest BCUT2D eigenvalue weighted by Gasteiger charge is -2.37. The fourth-order valence-electron chi connectivity index (χ4n) is 9.04. The Hall–Kier alpha value is -7.24. The molecule has 4 nitrogen and oxygen atoms in total. The van der Waals surface area contributed by atoms with Gasteiger partial charge in [0.2, 0.25) is 0 Å². The molecule has 0 N–H and O–H groups in total. The zero-order valence-electron chi connectivity index (χ0n) is 31.7. The molecule has 0 saturated heterocycles. The summed E-state index contributed by atoms with van der Waals surface area (Å²) in [5.74, 6) is 3.33. The van der Waals surface area contributed by atoms with Crippen LogP contribution in [0.25, 0.3) is 21.5 Å². The normalized spacial score (nSPS) is 12.3. The molecule has 0 spiro atoms. The van der Waals surface area contributed by atoms with Crippen LogP contribution in [0.3, 0.4) is 0 Å². The van der Waals surface area contributed by atoms with Crippen molar-refractivity contribution < 1.29 is 9.47 Å². The van der Waals surface area contributed by atoms with Gasteiger partial charge in [-0.1, -0.05) is 115 Å². The predicted octanol–water partition coefficient (Wildman–Crippen LogP) is 12.3. The molecule has 5 heteroatoms. The highest BCUT2D eigenvalue weighted by Gasteiger charge is 2.43. The summed E-state index contributed by atoms with van der Waals surface area (Å²) in [4.78, 5) is 4.71. The first kappa shape index (κ1) is 33.1. The Morgan fingerprint density at radius 1 is 0.333 bits per heavy atom. The van der Waals surface area contributed by atoms with E-state index in [9.17, 15) is 0 Å². The van der Waals surface area contributed by atoms with Crippen molar-refractivity contribution in [3.63, 3.8) is 0 Å². The minimum absolute atomic E-state index is 0.144. The first-order valence-electron chi connectivity index (χ1n) is 19.5. The highest BCUT2D eigenvalue weighted by Crippen LogP contribution is 2.47. The molecule has 9 aromatic carbocycles. The van der Waals surface area contributed by atoms with Gasteiger partial charge in [-0.25, -0.2) is 0 Å². The molecule has 11 rings (SSSR count). The van der Waals surface area contributed by atoms with Gasteiger partial charge in [0.15, 0.2) is 0 Å². The fourth-order valence-corrected chi connectivity index (χ4v) is 9.04. The van der Waals surface area contributed by atoms with Gasteiger partial charge >= 0.3 is 0 Å². The second kappa shape index (κ2) is 13.2. The maximum atomic E-state index is 7.02. The third kappa shape index (κ3) is 5.38. The highest BCUT2D eigenvalue weighted by molar-refractivity contribution is 7.01. The summed E-state index contributed by atoms with van der Waals surface area (Å²) in [6.07, 6.45) is 0. The lowest BCUT2D eigenvalue weighted by Crippen LogP contribution is -2.58. The quantitative estimate of drug-likeness (QED) is 0.159. The van der Waals surface area contributed by atoms with Gasteiger partial charge in [-0.2, -0.15) is 0 Å². The number of para-hydroxylation sites is 2. The number of benzene rings is 9. The zero-order chi connectivity index (χ0) is 38.0. The van der Waals surface area contributed by atoms with E-state index in [4.69, 9.17) is 9.47 Å². The van der Waals surface area contributed by atoms with Crippen molar-refractivity contribution in [1.29, 1.82) is 0 Å². The standard InChI is InChI=1S/C52H37BN2O2/c1-34-16-13-22-38(30-34)54(36-18-5-3-6-19-36)44-32-48-50(42-26-11-9-24-40(42)44)53-51-43-27-12-10-25-41(43)45(33-49(51)57-47-29-15-28-46(56-48)52(47)53)55(37-20-7-4-8-21-37)39-23-14-17-35(2)31-39/h3-33H,1-2H3. The molecule has 0 aromatic heterocycles. The molecule has 0 atom stereocenters. The molecule has 0 unspecified atom stereocenters. The van der Waals surface area contributed by atoms with E-state index in [1.165, 1.54) is 11.1 Å². The van der Waals surface area contributed by atoms with Gasteiger partial charge in [0, 0.05) is 51.1 Å². The van der Waals surface area contributed by atoms with Gasteiger partial charge in [-0.05, 0) is 107 Å². The van der Waals surface area contributed by atoms with E-state index < -0.39 is 0 Å². The maximum Gasteiger partial charge on any atom is 0.262 e. The van der Waals surface area contributed by atoms with Crippen molar-refractivity contribution in [2.24, 2.45) is 0 Å². The van der Waals surface area contributed by atoms with E-state index in [-0.39, 0.29) is 6.71 Å². The Balaban J connectivity index is 1.19. The Morgan fingerprint density at radius 3 is 1.16 bits per heavy atom. The molecule has 0 amide bonds. The SMILES string of the molecule is Cc1cccc(N(c2ccccc2)c2cc3c(c4ccccc24)B2c4c(cccc4Oc4cc(N(c5ccccc5)c5cccc(C)c5)c5ccccc5c42)O3)c1. The van der Waals surface area contributed by atoms with Crippen molar-refractivity contribution in [3.05, 3.63) is 199 Å². The van der Waals surface area contributed by atoms with E-state index in [0.29, 0.717) is 0 Å². The van der Waals surface area contributed by atoms with E-state index >= 15 is 0 Å². The molecular weight excluding hydrogens is 695 g/mol. The molecule has 57 heavy (non-hydrogen) atoms. The zero-order valence-corrected chi connectivity index (χ0v) is 31.7. The molecular formula is C52H37BN2O2. The van der Waals surface area contributed by atoms with E-state index in [0.717, 1.165) is 95.1 Å². The highest BCUT2D eigenvalue weighted by atomic mass is 16.5. The lowest BCUT2D eigenvalue weighted by atomic mass is 9.33. The molecule has 0 fully saturated rings. The smallest absolute Gasteiger partial charge is 0.262 e. The Kier molecular flexibility index (Phi) is 7.68. The molecule has 0 radical (unpaired) electrons. The van der Waals surface area contributed by atoms with Crippen LogP contribution < -0.4 is 35.7 Å². The largest absolute Gasteiger partial charge is 0.458 e. The van der Waals surface area contributed by atoms with Crippen LogP contribution in [0.4, 0.5) is 34.1 Å². The number of hydrogen-bond acceptors (Lipinski definition) is 4. The van der Waals surface area contributed by atoms with Crippen LogP contribution in [0, 0.1) is 13.8 Å². The minimum atomic E-state index is -0.144. The van der Waals surface area contributed by atoms with Gasteiger partial charge in [0.05, 0.1) is 11.4 Å². The molecule has 9 aromatic rings. The predicted molar refractivity (Wildman–Crippen MR) is 238 cm³/mol. The van der Waals surface area contributed by atoms with Crippen LogP contribution in [0.15, 0.2) is 188 Å². The number of fused-ring (bicyclic) bond motifs is 8. The topological polar surface area (TPSA) is 24.9 Å². The van der Waals surface area contributed by atoms with Crippen LogP contribution in [0.2, 0.25) is 0 Å². The van der Waals surface area contributed by atoms with Crippen molar-refractivity contribution >= 4 is 78.8 Å². The van der Waals surface area contributed by atoms with Crippen molar-refractivity contribution in [2.45, 2.75) is 13.8 Å². The molecule has 2 aliphatic rings. The Bertz CT molecular complexity index is 2820. The number of hydrogen-bond donors (Lipinski definition) is 0. The van der Waals surface area contributed by atoms with Gasteiger partial charge in [0.1, 0.15) is 23.0 Å². The molecule has 2 heterocycles. The van der Waals surface area contributed by atoms with Crippen LogP contribution in [-0.4, -0.2) is 6.71 Å². The number of nitrogens with zero attached hydrogens (tertiary/aromatic N) is 2. The van der Waals surface area contributed by atoms with Gasteiger partial charge in [0.25, 0.3) is 6.71 Å². The summed E-state index contributed by atoms with van der Waals surface area (Å²) < 4.78 is 14.0. The van der Waals surface area contributed by atoms with Crippen molar-refractivity contribution in [1.82, 2.24) is 0 Å². The second-order valence-corrected chi connectivity index (χ2v) is 15.0. The first-order chi connectivity index (χ1) is 28.1. The van der Waals surface area contributed by atoms with E-state index in [1.54, 1.807) is 0 Å². The van der Waals surface area contributed by atoms with Crippen molar-refractivity contribution in [3.8, 4) is 23.0 Å². The molecule has 2 aliphatic heterocycles. The summed E-state index contributed by atoms with van der Waals surface area (Å²) in [5, 5.41) is 4.59. The summed E-state index contributed by atoms with van der Waals surface area (Å²) >= 11 is 0. The van der Waals surface area contributed by atoms with Crippen LogP contribution in [0.5, 0.6) is 23.0 Å². The molecule has 0 aliphatic carbocycles. The monoisotopic (exact) mass is 732 g/mol. The van der Waals surface area contributed by atoms with E-state index in [2.05, 4.69) is 206 Å². The minimum Gasteiger partial charge on any atom is -0.458 e. The summed E-state index contributed by atoms with van der Waals surface area (Å²) in [7, 11) is 0. The third-order valence-corrected chi connectivity index (χ3v) is 11.4.